The minimum atomic E-state index is -0.286. The van der Waals surface area contributed by atoms with Gasteiger partial charge in [-0.05, 0) is 19.4 Å². The van der Waals surface area contributed by atoms with Crippen LogP contribution in [-0.4, -0.2) is 31.6 Å². The maximum atomic E-state index is 10.4. The number of carbonyl (C=O) groups is 1. The van der Waals surface area contributed by atoms with Crippen molar-refractivity contribution in [2.75, 3.05) is 19.6 Å². The number of nitrogens with one attached hydrogen (secondary N) is 2. The highest BCUT2D eigenvalue weighted by Crippen LogP contribution is 2.05. The van der Waals surface area contributed by atoms with Crippen molar-refractivity contribution in [2.45, 2.75) is 25.3 Å². The molecule has 0 aromatic carbocycles. The second kappa shape index (κ2) is 5.11. The van der Waals surface area contributed by atoms with Crippen LogP contribution >= 0.6 is 0 Å². The number of carbonyl (C=O) groups excluding carboxylic acids is 1. The molecule has 1 unspecified atom stereocenters. The fourth-order valence-electron chi connectivity index (χ4n) is 1.47. The third-order valence-corrected chi connectivity index (χ3v) is 2.10. The van der Waals surface area contributed by atoms with Gasteiger partial charge in [0.05, 0.1) is 6.54 Å². The largest absolute Gasteiger partial charge is 0.369 e. The maximum absolute atomic E-state index is 10.4. The summed E-state index contributed by atoms with van der Waals surface area (Å²) in [5, 5.41) is 6.40. The molecule has 1 rings (SSSR count). The average Bonchev–Trinajstić information content (AvgIpc) is 2.05. The topological polar surface area (TPSA) is 67.2 Å². The van der Waals surface area contributed by atoms with Gasteiger partial charge < -0.3 is 16.4 Å². The van der Waals surface area contributed by atoms with Gasteiger partial charge in [-0.3, -0.25) is 4.79 Å². The summed E-state index contributed by atoms with van der Waals surface area (Å²) in [6.45, 7) is 2.24. The van der Waals surface area contributed by atoms with Gasteiger partial charge in [0.15, 0.2) is 0 Å². The number of nitrogens with two attached hydrogens (primary N) is 1. The third-order valence-electron chi connectivity index (χ3n) is 2.10. The molecule has 1 atom stereocenters. The fraction of sp³-hybridized carbons (Fsp3) is 0.875. The first-order valence-corrected chi connectivity index (χ1v) is 4.51. The Morgan fingerprint density at radius 1 is 1.58 bits per heavy atom. The predicted octanol–water partition coefficient (Wildman–Crippen LogP) is -0.797. The van der Waals surface area contributed by atoms with Crippen LogP contribution in [0.5, 0.6) is 0 Å². The average molecular weight is 171 g/mol. The molecule has 1 saturated heterocycles. The lowest BCUT2D eigenvalue weighted by atomic mass is 10.1. The first-order chi connectivity index (χ1) is 5.79. The van der Waals surface area contributed by atoms with Crippen LogP contribution in [-0.2, 0) is 4.79 Å². The van der Waals surface area contributed by atoms with Crippen LogP contribution in [0.3, 0.4) is 0 Å². The number of hydrogen-bond acceptors (Lipinski definition) is 3. The van der Waals surface area contributed by atoms with E-state index in [4.69, 9.17) is 5.73 Å². The summed E-state index contributed by atoms with van der Waals surface area (Å²) in [4.78, 5) is 10.4. The second-order valence-electron chi connectivity index (χ2n) is 3.24. The maximum Gasteiger partial charge on any atom is 0.231 e. The number of amides is 1. The van der Waals surface area contributed by atoms with E-state index in [-0.39, 0.29) is 12.5 Å². The van der Waals surface area contributed by atoms with Crippen LogP contribution in [0.2, 0.25) is 0 Å². The van der Waals surface area contributed by atoms with Crippen molar-refractivity contribution in [2.24, 2.45) is 5.73 Å². The van der Waals surface area contributed by atoms with E-state index in [1.165, 1.54) is 19.3 Å². The molecule has 0 aromatic rings. The lowest BCUT2D eigenvalue weighted by molar-refractivity contribution is -0.117. The quantitative estimate of drug-likeness (QED) is 0.519. The molecule has 70 valence electrons. The summed E-state index contributed by atoms with van der Waals surface area (Å²) in [6.07, 6.45) is 3.76. The van der Waals surface area contributed by atoms with Crippen molar-refractivity contribution >= 4 is 5.91 Å². The number of primary amides is 1. The molecule has 0 bridgehead atoms. The fourth-order valence-corrected chi connectivity index (χ4v) is 1.47. The Kier molecular flexibility index (Phi) is 4.04. The highest BCUT2D eigenvalue weighted by Gasteiger charge is 2.11. The Bertz CT molecular complexity index is 143. The molecule has 12 heavy (non-hydrogen) atoms. The van der Waals surface area contributed by atoms with E-state index < -0.39 is 0 Å². The zero-order chi connectivity index (χ0) is 8.81. The molecule has 1 aliphatic rings. The molecule has 0 aliphatic carbocycles. The van der Waals surface area contributed by atoms with Gasteiger partial charge >= 0.3 is 0 Å². The molecule has 0 spiro atoms. The van der Waals surface area contributed by atoms with Crippen LogP contribution in [0.15, 0.2) is 0 Å². The Labute approximate surface area is 72.9 Å². The lowest BCUT2D eigenvalue weighted by Gasteiger charge is -2.23. The van der Waals surface area contributed by atoms with Crippen molar-refractivity contribution < 1.29 is 4.79 Å². The molecule has 1 heterocycles. The van der Waals surface area contributed by atoms with Gasteiger partial charge in [0.25, 0.3) is 0 Å². The highest BCUT2D eigenvalue weighted by molar-refractivity contribution is 5.75. The monoisotopic (exact) mass is 171 g/mol. The van der Waals surface area contributed by atoms with E-state index in [0.29, 0.717) is 6.04 Å². The molecular weight excluding hydrogens is 154 g/mol. The molecular formula is C8H17N3O. The standard InChI is InChI=1S/C8H17N3O/c9-8(12)6-10-5-7-3-1-2-4-11-7/h7,10-11H,1-6H2,(H2,9,12). The Morgan fingerprint density at radius 2 is 2.42 bits per heavy atom. The molecule has 1 fully saturated rings. The summed E-state index contributed by atoms with van der Waals surface area (Å²) in [5.74, 6) is -0.286. The van der Waals surface area contributed by atoms with Gasteiger partial charge in [-0.25, -0.2) is 0 Å². The lowest BCUT2D eigenvalue weighted by Crippen LogP contribution is -2.43. The van der Waals surface area contributed by atoms with E-state index in [1.54, 1.807) is 0 Å². The van der Waals surface area contributed by atoms with E-state index >= 15 is 0 Å². The second-order valence-corrected chi connectivity index (χ2v) is 3.24. The van der Waals surface area contributed by atoms with Gasteiger partial charge in [0, 0.05) is 12.6 Å². The van der Waals surface area contributed by atoms with Crippen LogP contribution in [0.25, 0.3) is 0 Å². The van der Waals surface area contributed by atoms with Gasteiger partial charge in [-0.15, -0.1) is 0 Å². The summed E-state index contributed by atoms with van der Waals surface area (Å²) in [7, 11) is 0. The summed E-state index contributed by atoms with van der Waals surface area (Å²) >= 11 is 0. The molecule has 4 nitrogen and oxygen atoms in total. The zero-order valence-corrected chi connectivity index (χ0v) is 7.31. The van der Waals surface area contributed by atoms with E-state index in [9.17, 15) is 4.79 Å². The predicted molar refractivity (Wildman–Crippen MR) is 47.7 cm³/mol. The number of hydrogen-bond donors (Lipinski definition) is 3. The summed E-state index contributed by atoms with van der Waals surface area (Å²) in [5.41, 5.74) is 4.99. The summed E-state index contributed by atoms with van der Waals surface area (Å²) in [6, 6.07) is 0.526. The molecule has 0 radical (unpaired) electrons. The van der Waals surface area contributed by atoms with Crippen LogP contribution in [0.4, 0.5) is 0 Å². The van der Waals surface area contributed by atoms with E-state index in [2.05, 4.69) is 10.6 Å². The third kappa shape index (κ3) is 3.69. The van der Waals surface area contributed by atoms with Gasteiger partial charge in [0.1, 0.15) is 0 Å². The van der Waals surface area contributed by atoms with Gasteiger partial charge in [0.2, 0.25) is 5.91 Å². The molecule has 4 heteroatoms. The van der Waals surface area contributed by atoms with Crippen molar-refractivity contribution in [1.29, 1.82) is 0 Å². The number of piperidine rings is 1. The highest BCUT2D eigenvalue weighted by atomic mass is 16.1. The molecule has 0 aromatic heterocycles. The SMILES string of the molecule is NC(=O)CNCC1CCCCN1. The zero-order valence-electron chi connectivity index (χ0n) is 7.31. The van der Waals surface area contributed by atoms with Crippen LogP contribution < -0.4 is 16.4 Å². The van der Waals surface area contributed by atoms with Crippen LogP contribution in [0, 0.1) is 0 Å². The number of rotatable bonds is 4. The van der Waals surface area contributed by atoms with Crippen molar-refractivity contribution in [3.63, 3.8) is 0 Å². The Balaban J connectivity index is 2.01. The van der Waals surface area contributed by atoms with Crippen molar-refractivity contribution in [1.82, 2.24) is 10.6 Å². The molecule has 1 amide bonds. The van der Waals surface area contributed by atoms with Crippen molar-refractivity contribution in [3.05, 3.63) is 0 Å². The molecule has 4 N–H and O–H groups in total. The Morgan fingerprint density at radius 3 is 3.00 bits per heavy atom. The van der Waals surface area contributed by atoms with Gasteiger partial charge in [-0.1, -0.05) is 6.42 Å². The van der Waals surface area contributed by atoms with Gasteiger partial charge in [-0.2, -0.15) is 0 Å². The first kappa shape index (κ1) is 9.48. The Hall–Kier alpha value is -0.610. The minimum absolute atomic E-state index is 0.286. The normalized spacial score (nSPS) is 23.8. The van der Waals surface area contributed by atoms with Crippen molar-refractivity contribution in [3.8, 4) is 0 Å². The first-order valence-electron chi connectivity index (χ1n) is 4.51. The van der Waals surface area contributed by atoms with E-state index in [1.807, 2.05) is 0 Å². The van der Waals surface area contributed by atoms with E-state index in [0.717, 1.165) is 13.1 Å². The smallest absolute Gasteiger partial charge is 0.231 e. The summed E-state index contributed by atoms with van der Waals surface area (Å²) < 4.78 is 0. The molecule has 0 saturated carbocycles. The molecule has 1 aliphatic heterocycles. The van der Waals surface area contributed by atoms with Crippen LogP contribution in [0.1, 0.15) is 19.3 Å². The minimum Gasteiger partial charge on any atom is -0.369 e.